The van der Waals surface area contributed by atoms with E-state index >= 15 is 0 Å². The van der Waals surface area contributed by atoms with Gasteiger partial charge in [0.05, 0.1) is 37.8 Å². The van der Waals surface area contributed by atoms with Gasteiger partial charge < -0.3 is 0 Å². The van der Waals surface area contributed by atoms with Crippen LogP contribution in [-0.4, -0.2) is 20.5 Å². The lowest BCUT2D eigenvalue weighted by atomic mass is 10.0. The predicted octanol–water partition coefficient (Wildman–Crippen LogP) is 5.01. The quantitative estimate of drug-likeness (QED) is 0.334. The molecule has 0 spiro atoms. The highest BCUT2D eigenvalue weighted by atomic mass is 19.1. The fourth-order valence-electron chi connectivity index (χ4n) is 3.49. The minimum atomic E-state index is -0.788. The average Bonchev–Trinajstić information content (AvgIpc) is 3.02. The number of non-ortho nitro benzene ring substituents is 2. The predicted molar refractivity (Wildman–Crippen MR) is 108 cm³/mol. The van der Waals surface area contributed by atoms with Gasteiger partial charge in [0.1, 0.15) is 5.82 Å². The molecule has 0 heterocycles. The summed E-state index contributed by atoms with van der Waals surface area (Å²) in [5.41, 5.74) is -0.393. The zero-order valence-electron chi connectivity index (χ0n) is 15.7. The van der Waals surface area contributed by atoms with Crippen LogP contribution in [0.2, 0.25) is 0 Å². The molecule has 3 aromatic carbocycles. The van der Waals surface area contributed by atoms with Gasteiger partial charge in [-0.1, -0.05) is 6.07 Å². The zero-order chi connectivity index (χ0) is 22.4. The van der Waals surface area contributed by atoms with Crippen molar-refractivity contribution in [1.82, 2.24) is 0 Å². The molecular formula is C20H11FN4O6. The van der Waals surface area contributed by atoms with Crippen molar-refractivity contribution in [1.29, 1.82) is 0 Å². The van der Waals surface area contributed by atoms with Gasteiger partial charge in [-0.25, -0.2) is 9.38 Å². The van der Waals surface area contributed by atoms with Gasteiger partial charge in [0, 0.05) is 29.3 Å². The third-order valence-electron chi connectivity index (χ3n) is 4.84. The molecule has 31 heavy (non-hydrogen) atoms. The summed E-state index contributed by atoms with van der Waals surface area (Å²) in [4.78, 5) is 36.3. The number of nitrogens with zero attached hydrogens (tertiary/aromatic N) is 4. The molecule has 0 unspecified atom stereocenters. The molecule has 1 aliphatic rings. The molecule has 0 amide bonds. The molecule has 0 bridgehead atoms. The number of rotatable bonds is 4. The Morgan fingerprint density at radius 2 is 1.45 bits per heavy atom. The molecule has 0 aromatic heterocycles. The first-order valence-corrected chi connectivity index (χ1v) is 8.78. The van der Waals surface area contributed by atoms with Crippen molar-refractivity contribution in [3.05, 3.63) is 101 Å². The number of nitro benzene ring substituents is 3. The summed E-state index contributed by atoms with van der Waals surface area (Å²) >= 11 is 0. The van der Waals surface area contributed by atoms with E-state index in [2.05, 4.69) is 4.99 Å². The monoisotopic (exact) mass is 422 g/mol. The molecule has 10 nitrogen and oxygen atoms in total. The molecule has 0 N–H and O–H groups in total. The molecule has 0 saturated carbocycles. The fourth-order valence-corrected chi connectivity index (χ4v) is 3.49. The van der Waals surface area contributed by atoms with Crippen molar-refractivity contribution in [2.45, 2.75) is 6.92 Å². The van der Waals surface area contributed by atoms with E-state index in [1.54, 1.807) is 6.92 Å². The third-order valence-corrected chi connectivity index (χ3v) is 4.84. The molecule has 3 aromatic rings. The second-order valence-electron chi connectivity index (χ2n) is 6.80. The van der Waals surface area contributed by atoms with Gasteiger partial charge in [0.15, 0.2) is 0 Å². The van der Waals surface area contributed by atoms with Gasteiger partial charge in [-0.15, -0.1) is 0 Å². The van der Waals surface area contributed by atoms with E-state index in [1.807, 2.05) is 0 Å². The number of benzene rings is 3. The summed E-state index contributed by atoms with van der Waals surface area (Å²) in [6.45, 7) is 1.71. The van der Waals surface area contributed by atoms with Crippen molar-refractivity contribution in [2.24, 2.45) is 4.99 Å². The smallest absolute Gasteiger partial charge is 0.258 e. The van der Waals surface area contributed by atoms with Crippen LogP contribution in [0.25, 0.3) is 11.1 Å². The first-order valence-electron chi connectivity index (χ1n) is 8.78. The summed E-state index contributed by atoms with van der Waals surface area (Å²) in [5.74, 6) is -0.682. The van der Waals surface area contributed by atoms with E-state index < -0.39 is 32.0 Å². The van der Waals surface area contributed by atoms with E-state index in [-0.39, 0.29) is 39.3 Å². The van der Waals surface area contributed by atoms with E-state index in [0.717, 1.165) is 18.2 Å². The standard InChI is InChI=1S/C20H11FN4O6/c1-10-2-5-16(21)17(6-10)22-20-14-7-11(23(26)27)3-4-13(14)19-15(20)8-12(24(28)29)9-18(19)25(30)31/h2-9H,1H3. The Morgan fingerprint density at radius 1 is 0.774 bits per heavy atom. The number of hydrogen-bond donors (Lipinski definition) is 0. The summed E-state index contributed by atoms with van der Waals surface area (Å²) < 4.78 is 14.4. The normalized spacial score (nSPS) is 13.0. The number of aryl methyl sites for hydroxylation is 1. The van der Waals surface area contributed by atoms with E-state index in [1.165, 1.54) is 30.3 Å². The summed E-state index contributed by atoms with van der Waals surface area (Å²) in [6, 6.07) is 9.72. The minimum Gasteiger partial charge on any atom is -0.258 e. The van der Waals surface area contributed by atoms with Crippen LogP contribution < -0.4 is 0 Å². The van der Waals surface area contributed by atoms with E-state index in [9.17, 15) is 34.7 Å². The number of nitro groups is 3. The Hall–Kier alpha value is -4.54. The summed E-state index contributed by atoms with van der Waals surface area (Å²) in [6.07, 6.45) is 0. The van der Waals surface area contributed by atoms with Crippen LogP contribution in [0.1, 0.15) is 16.7 Å². The Bertz CT molecular complexity index is 1350. The molecule has 0 radical (unpaired) electrons. The lowest BCUT2D eigenvalue weighted by molar-refractivity contribution is -0.393. The van der Waals surface area contributed by atoms with Gasteiger partial charge in [0.2, 0.25) is 0 Å². The molecule has 0 fully saturated rings. The van der Waals surface area contributed by atoms with Crippen molar-refractivity contribution in [3.63, 3.8) is 0 Å². The molecule has 11 heteroatoms. The largest absolute Gasteiger partial charge is 0.284 e. The Balaban J connectivity index is 2.11. The topological polar surface area (TPSA) is 142 Å². The van der Waals surface area contributed by atoms with E-state index in [0.29, 0.717) is 5.56 Å². The molecule has 0 saturated heterocycles. The van der Waals surface area contributed by atoms with Crippen molar-refractivity contribution in [3.8, 4) is 11.1 Å². The number of fused-ring (bicyclic) bond motifs is 3. The van der Waals surface area contributed by atoms with Crippen LogP contribution in [0.15, 0.2) is 53.5 Å². The number of aliphatic imine (C=N–C) groups is 1. The van der Waals surface area contributed by atoms with Crippen molar-refractivity contribution in [2.75, 3.05) is 0 Å². The minimum absolute atomic E-state index is 0.0231. The van der Waals surface area contributed by atoms with Crippen LogP contribution >= 0.6 is 0 Å². The Morgan fingerprint density at radius 3 is 2.10 bits per heavy atom. The number of halogens is 1. The maximum absolute atomic E-state index is 14.4. The maximum Gasteiger partial charge on any atom is 0.284 e. The first-order chi connectivity index (χ1) is 14.7. The van der Waals surface area contributed by atoms with E-state index in [4.69, 9.17) is 0 Å². The van der Waals surface area contributed by atoms with Crippen LogP contribution in [0, 0.1) is 43.1 Å². The van der Waals surface area contributed by atoms with Crippen molar-refractivity contribution >= 4 is 28.5 Å². The van der Waals surface area contributed by atoms with Crippen LogP contribution in [0.4, 0.5) is 27.1 Å². The van der Waals surface area contributed by atoms with Gasteiger partial charge in [-0.05, 0) is 36.2 Å². The molecule has 4 rings (SSSR count). The molecule has 0 atom stereocenters. The number of hydrogen-bond acceptors (Lipinski definition) is 7. The van der Waals surface area contributed by atoms with Gasteiger partial charge in [-0.3, -0.25) is 30.3 Å². The Labute approximate surface area is 172 Å². The van der Waals surface area contributed by atoms with Crippen LogP contribution in [-0.2, 0) is 0 Å². The SMILES string of the molecule is Cc1ccc(F)c(N=C2c3cc([N+](=O)[O-])ccc3-c3c2cc([N+](=O)[O-])cc3[N+](=O)[O-])c1. The maximum atomic E-state index is 14.4. The zero-order valence-corrected chi connectivity index (χ0v) is 15.7. The molecule has 1 aliphatic carbocycles. The van der Waals surface area contributed by atoms with Crippen LogP contribution in [0.3, 0.4) is 0 Å². The highest BCUT2D eigenvalue weighted by molar-refractivity contribution is 6.27. The summed E-state index contributed by atoms with van der Waals surface area (Å²) in [5, 5.41) is 34.3. The fraction of sp³-hybridized carbons (Fsp3) is 0.0500. The van der Waals surface area contributed by atoms with Gasteiger partial charge in [-0.2, -0.15) is 0 Å². The highest BCUT2D eigenvalue weighted by Crippen LogP contribution is 2.46. The second kappa shape index (κ2) is 7.06. The van der Waals surface area contributed by atoms with Gasteiger partial charge >= 0.3 is 0 Å². The molecular weight excluding hydrogens is 411 g/mol. The van der Waals surface area contributed by atoms with Crippen LogP contribution in [0.5, 0.6) is 0 Å². The van der Waals surface area contributed by atoms with Crippen molar-refractivity contribution < 1.29 is 19.2 Å². The lowest BCUT2D eigenvalue weighted by Gasteiger charge is -2.05. The first kappa shape index (κ1) is 19.8. The second-order valence-corrected chi connectivity index (χ2v) is 6.80. The lowest BCUT2D eigenvalue weighted by Crippen LogP contribution is -2.02. The Kier molecular flexibility index (Phi) is 4.50. The summed E-state index contributed by atoms with van der Waals surface area (Å²) in [7, 11) is 0. The molecule has 0 aliphatic heterocycles. The van der Waals surface area contributed by atoms with Gasteiger partial charge in [0.25, 0.3) is 17.1 Å². The average molecular weight is 422 g/mol. The molecule has 154 valence electrons. The highest BCUT2D eigenvalue weighted by Gasteiger charge is 2.36. The third kappa shape index (κ3) is 3.27.